The molecule has 0 aliphatic rings. The molecule has 0 amide bonds. The van der Waals surface area contributed by atoms with Crippen molar-refractivity contribution >= 4 is 18.9 Å². The van der Waals surface area contributed by atoms with Crippen LogP contribution in [-0.4, -0.2) is 29.1 Å². The van der Waals surface area contributed by atoms with Crippen LogP contribution in [0.3, 0.4) is 0 Å². The smallest absolute Gasteiger partial charge is 0.158 e. The van der Waals surface area contributed by atoms with Crippen LogP contribution in [0.5, 0.6) is 11.5 Å². The molecule has 0 spiro atoms. The zero-order valence-corrected chi connectivity index (χ0v) is 6.07. The van der Waals surface area contributed by atoms with Crippen molar-refractivity contribution in [3.8, 4) is 17.6 Å². The van der Waals surface area contributed by atoms with Crippen LogP contribution in [0.1, 0.15) is 5.56 Å². The van der Waals surface area contributed by atoms with Crippen LogP contribution in [0.25, 0.3) is 0 Å². The first kappa shape index (κ1) is 9.91. The van der Waals surface area contributed by atoms with Crippen LogP contribution in [-0.2, 0) is 0 Å². The van der Waals surface area contributed by atoms with E-state index in [9.17, 15) is 0 Å². The van der Waals surface area contributed by atoms with Gasteiger partial charge in [-0.3, -0.25) is 0 Å². The maximum Gasteiger partial charge on any atom is 0.158 e. The van der Waals surface area contributed by atoms with E-state index in [0.717, 1.165) is 0 Å². The molecule has 0 fully saturated rings. The average Bonchev–Trinajstić information content (AvgIpc) is 1.95. The van der Waals surface area contributed by atoms with E-state index < -0.39 is 0 Å². The van der Waals surface area contributed by atoms with Gasteiger partial charge in [-0.05, 0) is 12.1 Å². The van der Waals surface area contributed by atoms with Gasteiger partial charge in [0.05, 0.1) is 11.6 Å². The average molecular weight is 142 g/mol. The Balaban J connectivity index is 0.000001000. The van der Waals surface area contributed by atoms with Gasteiger partial charge in [0.1, 0.15) is 0 Å². The number of hydrogen-bond acceptors (Lipinski definition) is 3. The van der Waals surface area contributed by atoms with Crippen molar-refractivity contribution in [3.05, 3.63) is 23.8 Å². The van der Waals surface area contributed by atoms with Crippen molar-refractivity contribution in [2.75, 3.05) is 0 Å². The Labute approximate surface area is 76.1 Å². The first-order chi connectivity index (χ1) is 4.74. The number of phenolic OH excluding ortho intramolecular Hbond substituents is 2. The summed E-state index contributed by atoms with van der Waals surface area (Å²) in [6.45, 7) is 0. The fraction of sp³-hybridized carbons (Fsp3) is 0. The Morgan fingerprint density at radius 3 is 2.27 bits per heavy atom. The van der Waals surface area contributed by atoms with Gasteiger partial charge in [-0.25, -0.2) is 0 Å². The molecule has 0 saturated heterocycles. The quantitative estimate of drug-likeness (QED) is 0.411. The topological polar surface area (TPSA) is 64.2 Å². The molecule has 0 atom stereocenters. The number of nitriles is 1. The molecule has 0 aliphatic heterocycles. The first-order valence-electron chi connectivity index (χ1n) is 2.66. The third-order valence-electron chi connectivity index (χ3n) is 1.10. The molecule has 0 bridgehead atoms. The number of rotatable bonds is 0. The van der Waals surface area contributed by atoms with Crippen LogP contribution in [0.4, 0.5) is 0 Å². The number of phenols is 2. The summed E-state index contributed by atoms with van der Waals surface area (Å²) in [6, 6.07) is 5.72. The molecule has 1 aromatic rings. The molecular weight excluding hydrogens is 137 g/mol. The maximum absolute atomic E-state index is 8.83. The van der Waals surface area contributed by atoms with Gasteiger partial charge in [-0.1, -0.05) is 0 Å². The van der Waals surface area contributed by atoms with Crippen molar-refractivity contribution in [2.24, 2.45) is 0 Å². The molecule has 1 radical (unpaired) electrons. The summed E-state index contributed by atoms with van der Waals surface area (Å²) < 4.78 is 0. The predicted molar refractivity (Wildman–Crippen MR) is 40.2 cm³/mol. The molecule has 2 N–H and O–H groups in total. The van der Waals surface area contributed by atoms with Crippen LogP contribution in [0.2, 0.25) is 0 Å². The summed E-state index contributed by atoms with van der Waals surface area (Å²) in [4.78, 5) is 0. The van der Waals surface area contributed by atoms with Crippen LogP contribution in [0.15, 0.2) is 18.2 Å². The van der Waals surface area contributed by atoms with Gasteiger partial charge in [0.2, 0.25) is 0 Å². The van der Waals surface area contributed by atoms with Gasteiger partial charge in [-0.2, -0.15) is 5.26 Å². The monoisotopic (exact) mass is 142 g/mol. The van der Waals surface area contributed by atoms with Crippen LogP contribution >= 0.6 is 0 Å². The number of benzene rings is 1. The molecular formula is C7H5LiNO2. The molecule has 0 heterocycles. The van der Waals surface area contributed by atoms with E-state index in [4.69, 9.17) is 15.5 Å². The Morgan fingerprint density at radius 1 is 1.18 bits per heavy atom. The Kier molecular flexibility index (Phi) is 3.54. The van der Waals surface area contributed by atoms with Gasteiger partial charge < -0.3 is 10.2 Å². The van der Waals surface area contributed by atoms with E-state index in [-0.39, 0.29) is 30.4 Å². The van der Waals surface area contributed by atoms with Gasteiger partial charge in [0.15, 0.2) is 11.5 Å². The van der Waals surface area contributed by atoms with E-state index in [1.54, 1.807) is 0 Å². The molecule has 1 aromatic carbocycles. The molecule has 0 aliphatic carbocycles. The van der Waals surface area contributed by atoms with Gasteiger partial charge in [0.25, 0.3) is 0 Å². The van der Waals surface area contributed by atoms with Crippen molar-refractivity contribution in [1.29, 1.82) is 5.26 Å². The summed E-state index contributed by atoms with van der Waals surface area (Å²) in [5, 5.41) is 25.9. The normalized spacial score (nSPS) is 7.91. The second-order valence-corrected chi connectivity index (χ2v) is 1.82. The van der Waals surface area contributed by atoms with Crippen molar-refractivity contribution in [2.45, 2.75) is 0 Å². The van der Waals surface area contributed by atoms with Crippen molar-refractivity contribution in [1.82, 2.24) is 0 Å². The van der Waals surface area contributed by atoms with E-state index in [0.29, 0.717) is 5.56 Å². The Hall–Kier alpha value is -1.09. The van der Waals surface area contributed by atoms with Crippen LogP contribution in [0, 0.1) is 11.3 Å². The third kappa shape index (κ3) is 2.20. The number of nitrogens with zero attached hydrogens (tertiary/aromatic N) is 1. The molecule has 0 unspecified atom stereocenters. The summed E-state index contributed by atoms with van der Waals surface area (Å²) in [5.74, 6) is -0.474. The number of aromatic hydroxyl groups is 2. The Bertz CT molecular complexity index is 293. The molecule has 51 valence electrons. The van der Waals surface area contributed by atoms with E-state index >= 15 is 0 Å². The first-order valence-corrected chi connectivity index (χ1v) is 2.66. The van der Waals surface area contributed by atoms with E-state index in [1.807, 2.05) is 6.07 Å². The molecule has 11 heavy (non-hydrogen) atoms. The van der Waals surface area contributed by atoms with Crippen molar-refractivity contribution < 1.29 is 10.2 Å². The minimum Gasteiger partial charge on any atom is -0.504 e. The van der Waals surface area contributed by atoms with E-state index in [2.05, 4.69) is 0 Å². The molecule has 3 nitrogen and oxygen atoms in total. The fourth-order valence-corrected chi connectivity index (χ4v) is 0.593. The largest absolute Gasteiger partial charge is 0.504 e. The molecule has 4 heteroatoms. The Morgan fingerprint density at radius 2 is 1.82 bits per heavy atom. The summed E-state index contributed by atoms with van der Waals surface area (Å²) in [7, 11) is 0. The number of hydrogen-bond donors (Lipinski definition) is 2. The molecule has 0 aromatic heterocycles. The molecule has 1 rings (SSSR count). The summed E-state index contributed by atoms with van der Waals surface area (Å²) in [6.07, 6.45) is 0. The fourth-order valence-electron chi connectivity index (χ4n) is 0.593. The zero-order valence-electron chi connectivity index (χ0n) is 6.07. The second kappa shape index (κ2) is 3.93. The van der Waals surface area contributed by atoms with Gasteiger partial charge >= 0.3 is 0 Å². The second-order valence-electron chi connectivity index (χ2n) is 1.82. The van der Waals surface area contributed by atoms with Crippen molar-refractivity contribution in [3.63, 3.8) is 0 Å². The maximum atomic E-state index is 8.83. The standard InChI is InChI=1S/C7H5NO2.Li/c8-4-5-1-2-6(9)7(10)3-5;/h1-3,9-10H;. The SMILES string of the molecule is N#Cc1ccc(O)c(O)c1.[Li]. The molecule has 0 saturated carbocycles. The minimum absolute atomic E-state index is 0. The van der Waals surface area contributed by atoms with Gasteiger partial charge in [0, 0.05) is 24.9 Å². The van der Waals surface area contributed by atoms with Gasteiger partial charge in [-0.15, -0.1) is 0 Å². The zero-order chi connectivity index (χ0) is 7.56. The van der Waals surface area contributed by atoms with E-state index in [1.165, 1.54) is 18.2 Å². The van der Waals surface area contributed by atoms with Crippen LogP contribution < -0.4 is 0 Å². The third-order valence-corrected chi connectivity index (χ3v) is 1.10. The predicted octanol–water partition coefficient (Wildman–Crippen LogP) is 0.589. The summed E-state index contributed by atoms with van der Waals surface area (Å²) >= 11 is 0. The summed E-state index contributed by atoms with van der Waals surface area (Å²) in [5.41, 5.74) is 0.329. The minimum atomic E-state index is -0.265.